The van der Waals surface area contributed by atoms with Gasteiger partial charge in [-0.3, -0.25) is 0 Å². The number of benzene rings is 1. The van der Waals surface area contributed by atoms with Crippen LogP contribution in [0.4, 0.5) is 0 Å². The van der Waals surface area contributed by atoms with Crippen LogP contribution < -0.4 is 0 Å². The molecule has 18 heavy (non-hydrogen) atoms. The minimum Gasteiger partial charge on any atom is -0.144 e. The molecular formula is C16H12S2. The standard InChI is InChI=1S/C16H12S2/c1-3-15(17-9-1)13-7-8-14(12-6-5-11(12)13)16-4-2-10-18-16/h1-4,7-10H,5-6H2. The molecule has 1 aromatic carbocycles. The van der Waals surface area contributed by atoms with E-state index in [1.165, 1.54) is 33.7 Å². The van der Waals surface area contributed by atoms with Crippen molar-refractivity contribution in [3.63, 3.8) is 0 Å². The van der Waals surface area contributed by atoms with E-state index in [0.717, 1.165) is 0 Å². The summed E-state index contributed by atoms with van der Waals surface area (Å²) in [6.45, 7) is 0. The second-order valence-corrected chi connectivity index (χ2v) is 6.47. The maximum Gasteiger partial charge on any atom is 0.0345 e. The van der Waals surface area contributed by atoms with Crippen LogP contribution in [0.1, 0.15) is 11.1 Å². The van der Waals surface area contributed by atoms with Crippen molar-refractivity contribution < 1.29 is 0 Å². The molecule has 0 amide bonds. The largest absolute Gasteiger partial charge is 0.144 e. The lowest BCUT2D eigenvalue weighted by atomic mass is 9.80. The molecule has 0 aliphatic heterocycles. The van der Waals surface area contributed by atoms with Gasteiger partial charge in [-0.05, 0) is 58.0 Å². The second-order valence-electron chi connectivity index (χ2n) is 4.57. The quantitative estimate of drug-likeness (QED) is 0.596. The molecule has 0 nitrogen and oxygen atoms in total. The predicted octanol–water partition coefficient (Wildman–Crippen LogP) is 5.24. The van der Waals surface area contributed by atoms with Gasteiger partial charge < -0.3 is 0 Å². The Labute approximate surface area is 115 Å². The van der Waals surface area contributed by atoms with Gasteiger partial charge in [0.05, 0.1) is 0 Å². The van der Waals surface area contributed by atoms with E-state index in [1.807, 2.05) is 22.7 Å². The molecule has 3 aromatic rings. The smallest absolute Gasteiger partial charge is 0.0345 e. The van der Waals surface area contributed by atoms with Crippen LogP contribution in [-0.2, 0) is 12.8 Å². The van der Waals surface area contributed by atoms with E-state index in [1.54, 1.807) is 11.1 Å². The first-order valence-corrected chi connectivity index (χ1v) is 7.92. The number of hydrogen-bond donors (Lipinski definition) is 0. The molecule has 2 heterocycles. The van der Waals surface area contributed by atoms with E-state index in [0.29, 0.717) is 0 Å². The van der Waals surface area contributed by atoms with Gasteiger partial charge in [0.15, 0.2) is 0 Å². The molecule has 0 N–H and O–H groups in total. The fourth-order valence-corrected chi connectivity index (χ4v) is 4.22. The zero-order valence-corrected chi connectivity index (χ0v) is 11.5. The van der Waals surface area contributed by atoms with Crippen LogP contribution in [-0.4, -0.2) is 0 Å². The van der Waals surface area contributed by atoms with Crippen molar-refractivity contribution in [3.05, 3.63) is 58.3 Å². The normalized spacial score (nSPS) is 13.1. The van der Waals surface area contributed by atoms with Gasteiger partial charge in [0.25, 0.3) is 0 Å². The summed E-state index contributed by atoms with van der Waals surface area (Å²) < 4.78 is 0. The molecule has 0 spiro atoms. The predicted molar refractivity (Wildman–Crippen MR) is 80.5 cm³/mol. The van der Waals surface area contributed by atoms with Gasteiger partial charge in [0.2, 0.25) is 0 Å². The van der Waals surface area contributed by atoms with Crippen molar-refractivity contribution >= 4 is 22.7 Å². The first-order valence-electron chi connectivity index (χ1n) is 6.16. The Kier molecular flexibility index (Phi) is 2.39. The molecule has 0 radical (unpaired) electrons. The van der Waals surface area contributed by atoms with Crippen LogP contribution in [0.5, 0.6) is 0 Å². The molecule has 0 atom stereocenters. The molecule has 0 unspecified atom stereocenters. The molecule has 0 saturated carbocycles. The third-order valence-corrected chi connectivity index (χ3v) is 5.44. The van der Waals surface area contributed by atoms with Crippen LogP contribution in [0.2, 0.25) is 0 Å². The maximum atomic E-state index is 2.30. The Balaban J connectivity index is 1.89. The zero-order chi connectivity index (χ0) is 11.9. The van der Waals surface area contributed by atoms with Gasteiger partial charge in [-0.25, -0.2) is 0 Å². The molecule has 0 fully saturated rings. The first kappa shape index (κ1) is 10.5. The van der Waals surface area contributed by atoms with Gasteiger partial charge in [0.1, 0.15) is 0 Å². The average Bonchev–Trinajstić information content (AvgIpc) is 3.01. The Bertz CT molecular complexity index is 615. The SMILES string of the molecule is c1csc(-c2ccc(-c3cccs3)c3c2CC3)c1. The molecule has 4 rings (SSSR count). The second kappa shape index (κ2) is 4.08. The van der Waals surface area contributed by atoms with Gasteiger partial charge in [-0.1, -0.05) is 24.3 Å². The lowest BCUT2D eigenvalue weighted by Crippen LogP contribution is -2.11. The van der Waals surface area contributed by atoms with Crippen molar-refractivity contribution in [1.82, 2.24) is 0 Å². The average molecular weight is 268 g/mol. The zero-order valence-electron chi connectivity index (χ0n) is 9.85. The molecule has 1 aliphatic rings. The highest BCUT2D eigenvalue weighted by Crippen LogP contribution is 2.42. The summed E-state index contributed by atoms with van der Waals surface area (Å²) in [5.41, 5.74) is 6.05. The maximum absolute atomic E-state index is 2.30. The van der Waals surface area contributed by atoms with E-state index in [-0.39, 0.29) is 0 Å². The Hall–Kier alpha value is -1.38. The van der Waals surface area contributed by atoms with E-state index >= 15 is 0 Å². The van der Waals surface area contributed by atoms with Crippen LogP contribution in [0, 0.1) is 0 Å². The third kappa shape index (κ3) is 1.49. The molecule has 2 heteroatoms. The third-order valence-electron chi connectivity index (χ3n) is 3.63. The minimum atomic E-state index is 1.24. The summed E-state index contributed by atoms with van der Waals surface area (Å²) in [5.74, 6) is 0. The molecule has 1 aliphatic carbocycles. The van der Waals surface area contributed by atoms with Crippen molar-refractivity contribution in [2.75, 3.05) is 0 Å². The highest BCUT2D eigenvalue weighted by molar-refractivity contribution is 7.13. The number of thiophene rings is 2. The molecule has 0 saturated heterocycles. The minimum absolute atomic E-state index is 1.24. The van der Waals surface area contributed by atoms with Gasteiger partial charge in [0, 0.05) is 9.75 Å². The summed E-state index contributed by atoms with van der Waals surface area (Å²) in [6.07, 6.45) is 2.48. The highest BCUT2D eigenvalue weighted by Gasteiger charge is 2.22. The van der Waals surface area contributed by atoms with E-state index in [9.17, 15) is 0 Å². The molecule has 0 bridgehead atoms. The fourth-order valence-electron chi connectivity index (χ4n) is 2.66. The van der Waals surface area contributed by atoms with Crippen molar-refractivity contribution in [1.29, 1.82) is 0 Å². The van der Waals surface area contributed by atoms with E-state index < -0.39 is 0 Å². The lowest BCUT2D eigenvalue weighted by Gasteiger charge is -2.25. The summed E-state index contributed by atoms with van der Waals surface area (Å²) in [5, 5.41) is 4.32. The topological polar surface area (TPSA) is 0 Å². The van der Waals surface area contributed by atoms with Gasteiger partial charge >= 0.3 is 0 Å². The monoisotopic (exact) mass is 268 g/mol. The number of hydrogen-bond acceptors (Lipinski definition) is 2. The van der Waals surface area contributed by atoms with Crippen molar-refractivity contribution in [3.8, 4) is 20.9 Å². The Morgan fingerprint density at radius 2 is 1.17 bits per heavy atom. The highest BCUT2D eigenvalue weighted by atomic mass is 32.1. The summed E-state index contributed by atoms with van der Waals surface area (Å²) in [4.78, 5) is 2.81. The molecular weight excluding hydrogens is 256 g/mol. The number of rotatable bonds is 2. The van der Waals surface area contributed by atoms with Crippen LogP contribution in [0.3, 0.4) is 0 Å². The fraction of sp³-hybridized carbons (Fsp3) is 0.125. The first-order chi connectivity index (χ1) is 8.93. The van der Waals surface area contributed by atoms with Crippen LogP contribution >= 0.6 is 22.7 Å². The van der Waals surface area contributed by atoms with Crippen molar-refractivity contribution in [2.24, 2.45) is 0 Å². The van der Waals surface area contributed by atoms with Gasteiger partial charge in [-0.15, -0.1) is 22.7 Å². The summed E-state index contributed by atoms with van der Waals surface area (Å²) >= 11 is 3.68. The van der Waals surface area contributed by atoms with Gasteiger partial charge in [-0.2, -0.15) is 0 Å². The Morgan fingerprint density at radius 1 is 0.667 bits per heavy atom. The molecule has 88 valence electrons. The van der Waals surface area contributed by atoms with E-state index in [2.05, 4.69) is 47.2 Å². The number of fused-ring (bicyclic) bond motifs is 1. The lowest BCUT2D eigenvalue weighted by molar-refractivity contribution is 0.846. The summed E-state index contributed by atoms with van der Waals surface area (Å²) in [7, 11) is 0. The van der Waals surface area contributed by atoms with Crippen LogP contribution in [0.15, 0.2) is 47.2 Å². The van der Waals surface area contributed by atoms with Crippen molar-refractivity contribution in [2.45, 2.75) is 12.8 Å². The van der Waals surface area contributed by atoms with E-state index in [4.69, 9.17) is 0 Å². The Morgan fingerprint density at radius 3 is 1.50 bits per heavy atom. The summed E-state index contributed by atoms with van der Waals surface area (Å²) in [6, 6.07) is 13.3. The van der Waals surface area contributed by atoms with Crippen LogP contribution in [0.25, 0.3) is 20.9 Å². The molecule has 2 aromatic heterocycles.